The van der Waals surface area contributed by atoms with Gasteiger partial charge in [-0.3, -0.25) is 0 Å². The van der Waals surface area contributed by atoms with Crippen LogP contribution in [-0.4, -0.2) is 14.1 Å². The second-order valence-electron chi connectivity index (χ2n) is 5.28. The van der Waals surface area contributed by atoms with E-state index in [1.807, 2.05) is 28.8 Å². The van der Waals surface area contributed by atoms with Gasteiger partial charge in [0, 0.05) is 6.20 Å². The van der Waals surface area contributed by atoms with Crippen molar-refractivity contribution >= 4 is 22.2 Å². The fraction of sp³-hybridized carbons (Fsp3) is 0.176. The molecule has 21 heavy (non-hydrogen) atoms. The lowest BCUT2D eigenvalue weighted by Crippen LogP contribution is -2.31. The largest absolute Gasteiger partial charge is 0.270 e. The zero-order valence-corrected chi connectivity index (χ0v) is 11.0. The number of aromatic nitrogens is 4. The molecule has 0 fully saturated rings. The van der Waals surface area contributed by atoms with Gasteiger partial charge in [0.05, 0.1) is 39.7 Å². The van der Waals surface area contributed by atoms with Crippen LogP contribution in [-0.2, 0) is 20.5 Å². The van der Waals surface area contributed by atoms with Crippen LogP contribution in [0.15, 0.2) is 42.6 Å². The molecule has 0 amide bonds. The number of imidazole rings is 1. The van der Waals surface area contributed by atoms with Crippen LogP contribution in [0.3, 0.4) is 0 Å². The second kappa shape index (κ2) is 3.52. The van der Waals surface area contributed by atoms with Gasteiger partial charge in [-0.25, -0.2) is 18.7 Å². The molecule has 0 saturated carbocycles. The van der Waals surface area contributed by atoms with Crippen LogP contribution < -0.4 is 4.57 Å². The lowest BCUT2D eigenvalue weighted by atomic mass is 10.1. The summed E-state index contributed by atoms with van der Waals surface area (Å²) < 4.78 is 52.5. The second-order valence-corrected chi connectivity index (χ2v) is 5.28. The van der Waals surface area contributed by atoms with Crippen molar-refractivity contribution < 1.29 is 12.8 Å². The molecule has 102 valence electrons. The summed E-state index contributed by atoms with van der Waals surface area (Å²) in [5, 5.41) is 0.626. The molecular formula is C17H15N4+. The number of rotatable bonds is 0. The summed E-state index contributed by atoms with van der Waals surface area (Å²) in [6.07, 6.45) is 1.52. The summed E-state index contributed by atoms with van der Waals surface area (Å²) in [6.45, 7) is -4.63. The third-order valence-corrected chi connectivity index (χ3v) is 4.21. The molecule has 4 nitrogen and oxygen atoms in total. The maximum atomic E-state index is 8.12. The molecule has 3 aromatic heterocycles. The fourth-order valence-electron chi connectivity index (χ4n) is 3.35. The highest BCUT2D eigenvalue weighted by Crippen LogP contribution is 2.36. The molecule has 4 heterocycles. The van der Waals surface area contributed by atoms with E-state index in [1.54, 1.807) is 12.1 Å². The molecule has 0 N–H and O–H groups in total. The van der Waals surface area contributed by atoms with Crippen LogP contribution >= 0.6 is 0 Å². The van der Waals surface area contributed by atoms with E-state index in [2.05, 4.69) is 4.98 Å². The third-order valence-electron chi connectivity index (χ3n) is 4.21. The van der Waals surface area contributed by atoms with Crippen LogP contribution in [0.5, 0.6) is 0 Å². The minimum absolute atomic E-state index is 0.146. The maximum absolute atomic E-state index is 8.12. The first-order chi connectivity index (χ1) is 12.7. The first-order valence-corrected chi connectivity index (χ1v) is 6.72. The summed E-state index contributed by atoms with van der Waals surface area (Å²) in [4.78, 5) is 4.25. The van der Waals surface area contributed by atoms with E-state index in [0.717, 1.165) is 15.7 Å². The Bertz CT molecular complexity index is 1230. The number of benzene rings is 1. The zero-order valence-electron chi connectivity index (χ0n) is 17.0. The molecule has 0 radical (unpaired) electrons. The molecule has 0 saturated heterocycles. The zero-order chi connectivity index (χ0) is 19.1. The van der Waals surface area contributed by atoms with Gasteiger partial charge in [-0.1, -0.05) is 18.2 Å². The Morgan fingerprint density at radius 3 is 3.10 bits per heavy atom. The molecule has 1 aliphatic heterocycles. The average molecular weight is 281 g/mol. The van der Waals surface area contributed by atoms with E-state index in [1.165, 1.54) is 10.8 Å². The molecule has 4 heteroatoms. The Labute approximate surface area is 130 Å². The molecule has 0 atom stereocenters. The number of nitrogens with zero attached hydrogens (tertiary/aromatic N) is 4. The standard InChI is InChI=1S/C17H15N4/c1-19-15-13(8-5-9-18-15)14-17(19)20(2)16-12-7-4-3-6-11(12)10-21(14)16/h3-9H,10H2,1-2H3/q+1/i1D3,2D3. The highest BCUT2D eigenvalue weighted by molar-refractivity contribution is 6.03. The predicted molar refractivity (Wildman–Crippen MR) is 81.9 cm³/mol. The highest BCUT2D eigenvalue weighted by Gasteiger charge is 2.34. The molecular weight excluding hydrogens is 260 g/mol. The average Bonchev–Trinajstić information content (AvgIpc) is 3.18. The van der Waals surface area contributed by atoms with Crippen LogP contribution in [0.1, 0.15) is 13.8 Å². The monoisotopic (exact) mass is 281 g/mol. The van der Waals surface area contributed by atoms with Crippen LogP contribution in [0.4, 0.5) is 0 Å². The van der Waals surface area contributed by atoms with E-state index < -0.39 is 14.0 Å². The van der Waals surface area contributed by atoms with Crippen molar-refractivity contribution in [1.29, 1.82) is 0 Å². The Hall–Kier alpha value is -2.62. The first-order valence-electron chi connectivity index (χ1n) is 9.72. The van der Waals surface area contributed by atoms with Gasteiger partial charge in [-0.05, 0) is 23.8 Å². The molecule has 4 aromatic rings. The number of hydrogen-bond acceptors (Lipinski definition) is 1. The smallest absolute Gasteiger partial charge is 0.248 e. The van der Waals surface area contributed by atoms with E-state index in [0.29, 0.717) is 23.3 Å². The SMILES string of the molecule is [2H]C([2H])([2H])n1c2ncccc2c2c1[n+](C([2H])([2H])[2H])c1n2Cc2ccccc2-1. The summed E-state index contributed by atoms with van der Waals surface area (Å²) in [6, 6.07) is 11.1. The highest BCUT2D eigenvalue weighted by atomic mass is 15.2. The quantitative estimate of drug-likeness (QED) is 0.400. The topological polar surface area (TPSA) is 26.6 Å². The van der Waals surface area contributed by atoms with Crippen molar-refractivity contribution in [2.45, 2.75) is 6.54 Å². The lowest BCUT2D eigenvalue weighted by Gasteiger charge is -1.98. The molecule has 1 aromatic carbocycles. The Morgan fingerprint density at radius 2 is 2.19 bits per heavy atom. The van der Waals surface area contributed by atoms with Gasteiger partial charge in [-0.15, -0.1) is 0 Å². The maximum Gasteiger partial charge on any atom is 0.270 e. The fourth-order valence-corrected chi connectivity index (χ4v) is 3.35. The number of pyridine rings is 1. The molecule has 0 spiro atoms. The van der Waals surface area contributed by atoms with E-state index in [9.17, 15) is 0 Å². The summed E-state index contributed by atoms with van der Waals surface area (Å²) in [7, 11) is 0. The van der Waals surface area contributed by atoms with Crippen molar-refractivity contribution in [2.24, 2.45) is 14.0 Å². The molecule has 1 aliphatic rings. The predicted octanol–water partition coefficient (Wildman–Crippen LogP) is 2.38. The Morgan fingerprint density at radius 1 is 1.24 bits per heavy atom. The van der Waals surface area contributed by atoms with Gasteiger partial charge in [-0.2, -0.15) is 0 Å². The minimum Gasteiger partial charge on any atom is -0.248 e. The van der Waals surface area contributed by atoms with E-state index >= 15 is 0 Å². The van der Waals surface area contributed by atoms with Gasteiger partial charge < -0.3 is 0 Å². The molecule has 0 unspecified atom stereocenters. The van der Waals surface area contributed by atoms with E-state index in [4.69, 9.17) is 8.22 Å². The van der Waals surface area contributed by atoms with Gasteiger partial charge in [0.15, 0.2) is 5.52 Å². The Balaban J connectivity index is 2.07. The summed E-state index contributed by atoms with van der Waals surface area (Å²) in [5.41, 5.74) is 2.79. The molecule has 0 bridgehead atoms. The molecule has 0 aliphatic carbocycles. The summed E-state index contributed by atoms with van der Waals surface area (Å²) >= 11 is 0. The van der Waals surface area contributed by atoms with Gasteiger partial charge >= 0.3 is 0 Å². The lowest BCUT2D eigenvalue weighted by molar-refractivity contribution is -0.636. The number of hydrogen-bond donors (Lipinski definition) is 0. The van der Waals surface area contributed by atoms with Crippen molar-refractivity contribution in [3.63, 3.8) is 0 Å². The molecule has 5 rings (SSSR count). The van der Waals surface area contributed by atoms with E-state index in [-0.39, 0.29) is 11.3 Å². The van der Waals surface area contributed by atoms with Gasteiger partial charge in [0.2, 0.25) is 11.5 Å². The van der Waals surface area contributed by atoms with Crippen LogP contribution in [0, 0.1) is 0 Å². The van der Waals surface area contributed by atoms with Crippen LogP contribution in [0.2, 0.25) is 0 Å². The van der Waals surface area contributed by atoms with Crippen molar-refractivity contribution in [3.05, 3.63) is 48.2 Å². The van der Waals surface area contributed by atoms with Gasteiger partial charge in [0.1, 0.15) is 0 Å². The third kappa shape index (κ3) is 1.17. The minimum atomic E-state index is -2.57. The summed E-state index contributed by atoms with van der Waals surface area (Å²) in [5.74, 6) is 0.499. The van der Waals surface area contributed by atoms with Crippen molar-refractivity contribution in [3.8, 4) is 11.4 Å². The van der Waals surface area contributed by atoms with Crippen LogP contribution in [0.25, 0.3) is 33.6 Å². The van der Waals surface area contributed by atoms with Crippen molar-refractivity contribution in [2.75, 3.05) is 0 Å². The number of aryl methyl sites for hydroxylation is 2. The van der Waals surface area contributed by atoms with Gasteiger partial charge in [0.25, 0.3) is 5.65 Å². The number of fused-ring (bicyclic) bond motifs is 7. The first kappa shape index (κ1) is 6.89. The Kier molecular flexibility index (Phi) is 1.16. The normalized spacial score (nSPS) is 18.5. The van der Waals surface area contributed by atoms with Crippen molar-refractivity contribution in [1.82, 2.24) is 14.1 Å².